The lowest BCUT2D eigenvalue weighted by molar-refractivity contribution is 0.0500. The van der Waals surface area contributed by atoms with E-state index in [4.69, 9.17) is 4.74 Å². The predicted molar refractivity (Wildman–Crippen MR) is 81.1 cm³/mol. The molecule has 0 aromatic carbocycles. The summed E-state index contributed by atoms with van der Waals surface area (Å²) in [4.78, 5) is 31.6. The quantitative estimate of drug-likeness (QED) is 0.751. The summed E-state index contributed by atoms with van der Waals surface area (Å²) in [5.41, 5.74) is -1.12. The predicted octanol–water partition coefficient (Wildman–Crippen LogP) is 0.969. The van der Waals surface area contributed by atoms with E-state index in [1.807, 2.05) is 25.7 Å². The van der Waals surface area contributed by atoms with Gasteiger partial charge in [0.15, 0.2) is 5.75 Å². The van der Waals surface area contributed by atoms with Crippen molar-refractivity contribution < 1.29 is 14.6 Å². The van der Waals surface area contributed by atoms with E-state index in [9.17, 15) is 14.7 Å². The van der Waals surface area contributed by atoms with Crippen molar-refractivity contribution >= 4 is 12.0 Å². The summed E-state index contributed by atoms with van der Waals surface area (Å²) >= 11 is 0. The Morgan fingerprint density at radius 3 is 2.91 bits per heavy atom. The summed E-state index contributed by atoms with van der Waals surface area (Å²) in [6.45, 7) is 6.67. The molecule has 8 nitrogen and oxygen atoms in total. The second-order valence-electron chi connectivity index (χ2n) is 6.35. The highest BCUT2D eigenvalue weighted by molar-refractivity contribution is 5.68. The summed E-state index contributed by atoms with van der Waals surface area (Å²) < 4.78 is 5.24. The van der Waals surface area contributed by atoms with Gasteiger partial charge < -0.3 is 20.1 Å². The highest BCUT2D eigenvalue weighted by atomic mass is 16.6. The topological polar surface area (TPSA) is 108 Å². The molecule has 1 fully saturated rings. The van der Waals surface area contributed by atoms with Gasteiger partial charge in [0.05, 0.1) is 6.20 Å². The Labute approximate surface area is 128 Å². The maximum absolute atomic E-state index is 11.8. The number of alkyl carbamates (subject to hydrolysis) is 1. The van der Waals surface area contributed by atoms with E-state index in [-0.39, 0.29) is 6.04 Å². The van der Waals surface area contributed by atoms with Crippen LogP contribution in [0.3, 0.4) is 0 Å². The number of hydrogen-bond acceptors (Lipinski definition) is 6. The van der Waals surface area contributed by atoms with Crippen molar-refractivity contribution in [2.45, 2.75) is 45.3 Å². The van der Waals surface area contributed by atoms with E-state index in [2.05, 4.69) is 15.3 Å². The summed E-state index contributed by atoms with van der Waals surface area (Å²) in [5.74, 6) is -0.0253. The number of carbonyl (C=O) groups is 1. The molecule has 2 rings (SSSR count). The number of carbonyl (C=O) groups excluding carboxylic acids is 1. The van der Waals surface area contributed by atoms with Crippen LogP contribution in [0.2, 0.25) is 0 Å². The first-order valence-corrected chi connectivity index (χ1v) is 7.27. The molecule has 1 aliphatic rings. The highest BCUT2D eigenvalue weighted by Gasteiger charge is 2.25. The average Bonchev–Trinajstić information content (AvgIpc) is 2.40. The van der Waals surface area contributed by atoms with Gasteiger partial charge in [-0.3, -0.25) is 9.78 Å². The number of aromatic amines is 1. The van der Waals surface area contributed by atoms with Gasteiger partial charge in [0.2, 0.25) is 5.95 Å². The van der Waals surface area contributed by atoms with Crippen molar-refractivity contribution in [1.82, 2.24) is 15.3 Å². The van der Waals surface area contributed by atoms with Crippen molar-refractivity contribution in [1.29, 1.82) is 0 Å². The Balaban J connectivity index is 1.98. The zero-order valence-corrected chi connectivity index (χ0v) is 13.0. The van der Waals surface area contributed by atoms with Gasteiger partial charge in [-0.05, 0) is 33.6 Å². The molecule has 1 aromatic rings. The first kappa shape index (κ1) is 16.1. The number of piperidine rings is 1. The van der Waals surface area contributed by atoms with Crippen molar-refractivity contribution in [3.05, 3.63) is 16.6 Å². The maximum atomic E-state index is 11.8. The number of anilines is 1. The lowest BCUT2D eigenvalue weighted by Gasteiger charge is -2.33. The lowest BCUT2D eigenvalue weighted by atomic mass is 10.1. The molecule has 0 bridgehead atoms. The molecular formula is C14H22N4O4. The maximum Gasteiger partial charge on any atom is 0.407 e. The van der Waals surface area contributed by atoms with Gasteiger partial charge in [-0.1, -0.05) is 0 Å². The number of rotatable bonds is 2. The molecule has 22 heavy (non-hydrogen) atoms. The van der Waals surface area contributed by atoms with Gasteiger partial charge in [-0.2, -0.15) is 0 Å². The Bertz CT molecular complexity index is 593. The minimum atomic E-state index is -0.577. The van der Waals surface area contributed by atoms with Gasteiger partial charge in [-0.15, -0.1) is 0 Å². The summed E-state index contributed by atoms with van der Waals surface area (Å²) in [6.07, 6.45) is 2.36. The Morgan fingerprint density at radius 2 is 2.27 bits per heavy atom. The molecule has 1 aromatic heterocycles. The van der Waals surface area contributed by atoms with Crippen molar-refractivity contribution in [2.24, 2.45) is 0 Å². The molecule has 0 saturated carbocycles. The largest absolute Gasteiger partial charge is 0.502 e. The lowest BCUT2D eigenvalue weighted by Crippen LogP contribution is -2.49. The number of nitrogens with one attached hydrogen (secondary N) is 2. The Kier molecular flexibility index (Phi) is 4.58. The third kappa shape index (κ3) is 4.37. The molecule has 122 valence electrons. The minimum absolute atomic E-state index is 0.0808. The van der Waals surface area contributed by atoms with E-state index in [1.54, 1.807) is 0 Å². The van der Waals surface area contributed by atoms with Crippen molar-refractivity contribution in [3.8, 4) is 5.75 Å². The molecule has 2 heterocycles. The van der Waals surface area contributed by atoms with Crippen LogP contribution in [0.4, 0.5) is 10.7 Å². The van der Waals surface area contributed by atoms with Gasteiger partial charge in [0, 0.05) is 19.1 Å². The molecule has 0 radical (unpaired) electrons. The molecule has 0 aliphatic carbocycles. The second-order valence-corrected chi connectivity index (χ2v) is 6.35. The fraction of sp³-hybridized carbons (Fsp3) is 0.643. The molecule has 1 aliphatic heterocycles. The molecule has 0 unspecified atom stereocenters. The number of ether oxygens (including phenoxy) is 1. The first-order chi connectivity index (χ1) is 10.2. The molecule has 8 heteroatoms. The van der Waals surface area contributed by atoms with Crippen LogP contribution in [0, 0.1) is 0 Å². The highest BCUT2D eigenvalue weighted by Crippen LogP contribution is 2.16. The van der Waals surface area contributed by atoms with Crippen LogP contribution < -0.4 is 15.8 Å². The molecular weight excluding hydrogens is 288 g/mol. The fourth-order valence-electron chi connectivity index (χ4n) is 2.30. The van der Waals surface area contributed by atoms with Crippen LogP contribution in [-0.4, -0.2) is 45.9 Å². The summed E-state index contributed by atoms with van der Waals surface area (Å²) in [7, 11) is 0. The number of nitrogens with zero attached hydrogens (tertiary/aromatic N) is 2. The number of H-pyrrole nitrogens is 1. The summed E-state index contributed by atoms with van der Waals surface area (Å²) in [5, 5.41) is 12.1. The van der Waals surface area contributed by atoms with Crippen LogP contribution in [0.15, 0.2) is 11.0 Å². The molecule has 1 atom stereocenters. The Morgan fingerprint density at radius 1 is 1.55 bits per heavy atom. The summed E-state index contributed by atoms with van der Waals surface area (Å²) in [6, 6.07) is -0.0808. The number of hydrogen-bond donors (Lipinski definition) is 3. The van der Waals surface area contributed by atoms with Crippen molar-refractivity contribution in [3.63, 3.8) is 0 Å². The monoisotopic (exact) mass is 310 g/mol. The van der Waals surface area contributed by atoms with Crippen LogP contribution in [0.1, 0.15) is 33.6 Å². The standard InChI is InChI=1S/C14H22N4O4/c1-14(2,3)22-13(21)16-9-5-4-6-18(8-9)12-15-7-10(19)11(20)17-12/h7,9,19H,4-6,8H2,1-3H3,(H,16,21)(H,15,17,20)/t9-/m1/s1. The fourth-order valence-corrected chi connectivity index (χ4v) is 2.30. The van der Waals surface area contributed by atoms with E-state index in [0.29, 0.717) is 12.5 Å². The van der Waals surface area contributed by atoms with E-state index >= 15 is 0 Å². The first-order valence-electron chi connectivity index (χ1n) is 7.27. The minimum Gasteiger partial charge on any atom is -0.502 e. The third-order valence-electron chi connectivity index (χ3n) is 3.21. The van der Waals surface area contributed by atoms with Crippen LogP contribution in [0.25, 0.3) is 0 Å². The number of amides is 1. The van der Waals surface area contributed by atoms with Gasteiger partial charge in [0.25, 0.3) is 5.56 Å². The van der Waals surface area contributed by atoms with Gasteiger partial charge >= 0.3 is 6.09 Å². The zero-order chi connectivity index (χ0) is 16.3. The van der Waals surface area contributed by atoms with Gasteiger partial charge in [0.1, 0.15) is 5.60 Å². The Hall–Kier alpha value is -2.25. The van der Waals surface area contributed by atoms with Crippen LogP contribution in [0.5, 0.6) is 5.75 Å². The molecule has 1 amide bonds. The van der Waals surface area contributed by atoms with E-state index in [1.165, 1.54) is 0 Å². The van der Waals surface area contributed by atoms with E-state index < -0.39 is 23.0 Å². The van der Waals surface area contributed by atoms with E-state index in [0.717, 1.165) is 25.6 Å². The van der Waals surface area contributed by atoms with Gasteiger partial charge in [-0.25, -0.2) is 9.78 Å². The molecule has 3 N–H and O–H groups in total. The third-order valence-corrected chi connectivity index (χ3v) is 3.21. The SMILES string of the molecule is CC(C)(C)OC(=O)N[C@@H]1CCCN(c2ncc(O)c(=O)[nH]2)C1. The molecule has 0 spiro atoms. The number of aromatic hydroxyl groups is 1. The molecule has 1 saturated heterocycles. The van der Waals surface area contributed by atoms with Crippen molar-refractivity contribution in [2.75, 3.05) is 18.0 Å². The second kappa shape index (κ2) is 6.25. The zero-order valence-electron chi connectivity index (χ0n) is 13.0. The smallest absolute Gasteiger partial charge is 0.407 e. The normalized spacial score (nSPS) is 18.9. The average molecular weight is 310 g/mol. The van der Waals surface area contributed by atoms with Crippen LogP contribution in [-0.2, 0) is 4.74 Å². The van der Waals surface area contributed by atoms with Crippen LogP contribution >= 0.6 is 0 Å². The number of aromatic nitrogens is 2.